The Hall–Kier alpha value is -0.400. The first-order valence-corrected chi connectivity index (χ1v) is 2.65. The van der Waals surface area contributed by atoms with Crippen molar-refractivity contribution in [1.29, 1.82) is 0 Å². The third-order valence-electron chi connectivity index (χ3n) is 0.827. The molecule has 0 aromatic rings. The number of nitroso groups, excluding NO2 is 1. The standard InChI is InChI=1S/C5H12NO/c1-3-4-5-6(2)7/h3-5H2,1-2H3/q+1. The largest absolute Gasteiger partial charge is 0.191 e. The van der Waals surface area contributed by atoms with E-state index in [0.717, 1.165) is 17.6 Å². The molecule has 0 saturated heterocycles. The van der Waals surface area contributed by atoms with Gasteiger partial charge in [0, 0.05) is 11.3 Å². The second kappa shape index (κ2) is 3.78. The van der Waals surface area contributed by atoms with Gasteiger partial charge < -0.3 is 0 Å². The third-order valence-corrected chi connectivity index (χ3v) is 0.827. The lowest BCUT2D eigenvalue weighted by Gasteiger charge is -1.81. The zero-order chi connectivity index (χ0) is 5.70. The molecule has 0 N–H and O–H groups in total. The number of unbranched alkanes of at least 4 members (excludes halogenated alkanes) is 1. The van der Waals surface area contributed by atoms with Gasteiger partial charge in [-0.15, -0.1) is 0 Å². The first kappa shape index (κ1) is 6.60. The predicted octanol–water partition coefficient (Wildman–Crippen LogP) is 1.20. The molecule has 42 valence electrons. The molecule has 0 radical (unpaired) electrons. The van der Waals surface area contributed by atoms with Gasteiger partial charge >= 0.3 is 0 Å². The van der Waals surface area contributed by atoms with Crippen LogP contribution in [0.25, 0.3) is 0 Å². The molecule has 2 nitrogen and oxygen atoms in total. The van der Waals surface area contributed by atoms with Gasteiger partial charge in [-0.2, -0.15) is 0 Å². The Morgan fingerprint density at radius 2 is 2.14 bits per heavy atom. The normalized spacial score (nSPS) is 8.86. The van der Waals surface area contributed by atoms with Gasteiger partial charge in [0.25, 0.3) is 0 Å². The summed E-state index contributed by atoms with van der Waals surface area (Å²) in [5.74, 6) is 0. The molecule has 0 rings (SSSR count). The molecule has 0 heterocycles. The van der Waals surface area contributed by atoms with Crippen molar-refractivity contribution in [2.75, 3.05) is 13.6 Å². The fourth-order valence-corrected chi connectivity index (χ4v) is 0.381. The van der Waals surface area contributed by atoms with Crippen molar-refractivity contribution in [2.24, 2.45) is 0 Å². The number of nitrogens with zero attached hydrogens (tertiary/aromatic N) is 1. The van der Waals surface area contributed by atoms with Gasteiger partial charge in [0.15, 0.2) is 13.6 Å². The van der Waals surface area contributed by atoms with Crippen molar-refractivity contribution < 1.29 is 4.76 Å². The maximum Gasteiger partial charge on any atom is 0.191 e. The fraction of sp³-hybridized carbons (Fsp3) is 1.00. The molecule has 0 aliphatic heterocycles. The quantitative estimate of drug-likeness (QED) is 0.490. The Morgan fingerprint density at radius 1 is 1.57 bits per heavy atom. The van der Waals surface area contributed by atoms with Crippen LogP contribution in [0.3, 0.4) is 0 Å². The van der Waals surface area contributed by atoms with Gasteiger partial charge in [-0.3, -0.25) is 0 Å². The molecule has 0 atom stereocenters. The lowest BCUT2D eigenvalue weighted by atomic mass is 10.3. The van der Waals surface area contributed by atoms with E-state index < -0.39 is 0 Å². The molecular formula is C5H12NO+. The monoisotopic (exact) mass is 102 g/mol. The lowest BCUT2D eigenvalue weighted by Crippen LogP contribution is -2.00. The second-order valence-electron chi connectivity index (χ2n) is 1.71. The highest BCUT2D eigenvalue weighted by molar-refractivity contribution is 4.25. The zero-order valence-electron chi connectivity index (χ0n) is 4.98. The highest BCUT2D eigenvalue weighted by Crippen LogP contribution is 1.83. The summed E-state index contributed by atoms with van der Waals surface area (Å²) in [7, 11) is 1.55. The van der Waals surface area contributed by atoms with Crippen molar-refractivity contribution >= 4 is 0 Å². The second-order valence-corrected chi connectivity index (χ2v) is 1.71. The SMILES string of the molecule is CCCC[N+](C)=O. The molecule has 0 bridgehead atoms. The van der Waals surface area contributed by atoms with E-state index >= 15 is 0 Å². The van der Waals surface area contributed by atoms with Crippen LogP contribution >= 0.6 is 0 Å². The topological polar surface area (TPSA) is 20.1 Å². The van der Waals surface area contributed by atoms with E-state index in [0.29, 0.717) is 6.54 Å². The van der Waals surface area contributed by atoms with Gasteiger partial charge in [-0.25, -0.2) is 0 Å². The molecule has 2 heteroatoms. The minimum absolute atomic E-state index is 0.677. The molecule has 7 heavy (non-hydrogen) atoms. The van der Waals surface area contributed by atoms with Crippen LogP contribution in [0.2, 0.25) is 0 Å². The Kier molecular flexibility index (Phi) is 3.56. The number of hydrogen-bond acceptors (Lipinski definition) is 1. The zero-order valence-corrected chi connectivity index (χ0v) is 4.98. The van der Waals surface area contributed by atoms with Crippen LogP contribution in [0, 0.1) is 4.91 Å². The van der Waals surface area contributed by atoms with E-state index in [1.165, 1.54) is 0 Å². The molecule has 0 aliphatic carbocycles. The Labute approximate surface area is 44.1 Å². The highest BCUT2D eigenvalue weighted by Gasteiger charge is 1.92. The average Bonchev–Trinajstić information content (AvgIpc) is 1.61. The average molecular weight is 102 g/mol. The molecule has 0 unspecified atom stereocenters. The molecule has 0 spiro atoms. The van der Waals surface area contributed by atoms with Gasteiger partial charge in [0.05, 0.1) is 0 Å². The van der Waals surface area contributed by atoms with Crippen LogP contribution in [0.1, 0.15) is 19.8 Å². The van der Waals surface area contributed by atoms with Gasteiger partial charge in [-0.05, 0) is 11.2 Å². The Balaban J connectivity index is 2.82. The minimum Gasteiger partial charge on any atom is -0.0651 e. The minimum atomic E-state index is 0.677. The summed E-state index contributed by atoms with van der Waals surface area (Å²) in [6.45, 7) is 2.75. The summed E-state index contributed by atoms with van der Waals surface area (Å²) in [6.07, 6.45) is 2.12. The Morgan fingerprint density at radius 3 is 2.29 bits per heavy atom. The van der Waals surface area contributed by atoms with Crippen molar-refractivity contribution in [3.63, 3.8) is 0 Å². The molecule has 0 fully saturated rings. The summed E-state index contributed by atoms with van der Waals surface area (Å²) in [4.78, 5) is 10.1. The van der Waals surface area contributed by atoms with E-state index in [2.05, 4.69) is 6.92 Å². The van der Waals surface area contributed by atoms with Gasteiger partial charge in [-0.1, -0.05) is 6.92 Å². The van der Waals surface area contributed by atoms with Gasteiger partial charge in [0.1, 0.15) is 0 Å². The number of rotatable bonds is 3. The first-order chi connectivity index (χ1) is 3.27. The van der Waals surface area contributed by atoms with E-state index in [1.807, 2.05) is 0 Å². The highest BCUT2D eigenvalue weighted by atomic mass is 16.3. The lowest BCUT2D eigenvalue weighted by molar-refractivity contribution is -0.519. The summed E-state index contributed by atoms with van der Waals surface area (Å²) in [5.41, 5.74) is 0. The van der Waals surface area contributed by atoms with Gasteiger partial charge in [0.2, 0.25) is 0 Å². The van der Waals surface area contributed by atoms with Crippen LogP contribution in [0.5, 0.6) is 0 Å². The van der Waals surface area contributed by atoms with Crippen LogP contribution in [0.15, 0.2) is 0 Å². The van der Waals surface area contributed by atoms with Crippen molar-refractivity contribution in [2.45, 2.75) is 19.8 Å². The van der Waals surface area contributed by atoms with E-state index in [1.54, 1.807) is 7.05 Å². The smallest absolute Gasteiger partial charge is 0.0651 e. The van der Waals surface area contributed by atoms with Crippen molar-refractivity contribution in [3.05, 3.63) is 4.91 Å². The Bertz CT molecular complexity index is 61.1. The summed E-state index contributed by atoms with van der Waals surface area (Å²) >= 11 is 0. The molecule has 0 saturated carbocycles. The van der Waals surface area contributed by atoms with Crippen molar-refractivity contribution in [1.82, 2.24) is 0 Å². The molecule has 0 aromatic carbocycles. The molecule has 0 aliphatic rings. The predicted molar refractivity (Wildman–Crippen MR) is 29.3 cm³/mol. The molecule has 0 aromatic heterocycles. The maximum absolute atomic E-state index is 10.1. The summed E-state index contributed by atoms with van der Waals surface area (Å²) in [6, 6.07) is 0. The molecule has 0 amide bonds. The molecular weight excluding hydrogens is 90.1 g/mol. The fourth-order valence-electron chi connectivity index (χ4n) is 0.381. The van der Waals surface area contributed by atoms with Crippen LogP contribution in [0.4, 0.5) is 0 Å². The third kappa shape index (κ3) is 5.60. The van der Waals surface area contributed by atoms with Crippen molar-refractivity contribution in [3.8, 4) is 0 Å². The van der Waals surface area contributed by atoms with Crippen LogP contribution in [-0.2, 0) is 0 Å². The first-order valence-electron chi connectivity index (χ1n) is 2.65. The van der Waals surface area contributed by atoms with Crippen LogP contribution in [-0.4, -0.2) is 18.4 Å². The maximum atomic E-state index is 10.1. The van der Waals surface area contributed by atoms with E-state index in [9.17, 15) is 4.91 Å². The summed E-state index contributed by atoms with van der Waals surface area (Å²) in [5, 5.41) is 0. The van der Waals surface area contributed by atoms with E-state index in [4.69, 9.17) is 0 Å². The summed E-state index contributed by atoms with van der Waals surface area (Å²) < 4.78 is 0.962. The van der Waals surface area contributed by atoms with E-state index in [-0.39, 0.29) is 0 Å². The van der Waals surface area contributed by atoms with Crippen LogP contribution < -0.4 is 0 Å². The number of hydrogen-bond donors (Lipinski definition) is 0.